The molecule has 1 aliphatic heterocycles. The Bertz CT molecular complexity index is 911. The smallest absolute Gasteiger partial charge is 0.136 e. The summed E-state index contributed by atoms with van der Waals surface area (Å²) >= 11 is 0. The largest absolute Gasteiger partial charge is 0.507 e. The standard InChI is InChI=1S/C22H28O4/c1-11-8-15(19(25)13(3)17(11)23)22(7)10-21(5,6)16-9-12(2)18(24)14(4)20(16)26-22/h8-9,23-25H,10H2,1-7H3. The fraction of sp³-hybridized carbons (Fsp3) is 0.455. The van der Waals surface area contributed by atoms with Crippen LogP contribution in [0.15, 0.2) is 12.1 Å². The highest BCUT2D eigenvalue weighted by Gasteiger charge is 2.45. The summed E-state index contributed by atoms with van der Waals surface area (Å²) in [4.78, 5) is 0. The van der Waals surface area contributed by atoms with Crippen LogP contribution in [0.2, 0.25) is 0 Å². The number of rotatable bonds is 1. The molecule has 0 bridgehead atoms. The summed E-state index contributed by atoms with van der Waals surface area (Å²) in [6.07, 6.45) is 0.661. The maximum Gasteiger partial charge on any atom is 0.136 e. The van der Waals surface area contributed by atoms with Gasteiger partial charge in [-0.2, -0.15) is 0 Å². The molecule has 1 aliphatic rings. The van der Waals surface area contributed by atoms with Crippen molar-refractivity contribution in [2.24, 2.45) is 0 Å². The van der Waals surface area contributed by atoms with Crippen molar-refractivity contribution in [3.63, 3.8) is 0 Å². The first-order valence-electron chi connectivity index (χ1n) is 8.94. The topological polar surface area (TPSA) is 69.9 Å². The molecule has 3 N–H and O–H groups in total. The van der Waals surface area contributed by atoms with Gasteiger partial charge < -0.3 is 20.1 Å². The normalized spacial score (nSPS) is 21.2. The van der Waals surface area contributed by atoms with E-state index in [1.54, 1.807) is 13.0 Å². The average molecular weight is 356 g/mol. The number of hydrogen-bond donors (Lipinski definition) is 3. The van der Waals surface area contributed by atoms with Crippen molar-refractivity contribution in [1.29, 1.82) is 0 Å². The minimum Gasteiger partial charge on any atom is -0.507 e. The first-order chi connectivity index (χ1) is 11.9. The number of fused-ring (bicyclic) bond motifs is 1. The van der Waals surface area contributed by atoms with Gasteiger partial charge in [0.2, 0.25) is 0 Å². The maximum atomic E-state index is 10.7. The van der Waals surface area contributed by atoms with Crippen molar-refractivity contribution in [3.8, 4) is 23.0 Å². The average Bonchev–Trinajstić information content (AvgIpc) is 2.55. The quantitative estimate of drug-likeness (QED) is 0.671. The molecule has 26 heavy (non-hydrogen) atoms. The highest BCUT2D eigenvalue weighted by molar-refractivity contribution is 5.59. The van der Waals surface area contributed by atoms with E-state index in [0.29, 0.717) is 34.4 Å². The molecule has 2 aromatic carbocycles. The van der Waals surface area contributed by atoms with E-state index in [9.17, 15) is 15.3 Å². The molecule has 0 saturated heterocycles. The molecule has 1 atom stereocenters. The lowest BCUT2D eigenvalue weighted by molar-refractivity contribution is 0.0291. The first kappa shape index (κ1) is 18.4. The molecular formula is C22H28O4. The Morgan fingerprint density at radius 1 is 0.769 bits per heavy atom. The number of phenolic OH excluding ortho intramolecular Hbond substituents is 3. The highest BCUT2D eigenvalue weighted by atomic mass is 16.5. The van der Waals surface area contributed by atoms with E-state index in [4.69, 9.17) is 4.74 Å². The van der Waals surface area contributed by atoms with Gasteiger partial charge in [-0.05, 0) is 63.3 Å². The van der Waals surface area contributed by atoms with Crippen LogP contribution in [0.3, 0.4) is 0 Å². The highest BCUT2D eigenvalue weighted by Crippen LogP contribution is 2.54. The molecule has 0 spiro atoms. The van der Waals surface area contributed by atoms with E-state index in [-0.39, 0.29) is 22.7 Å². The Balaban J connectivity index is 2.26. The minimum atomic E-state index is -0.781. The SMILES string of the molecule is Cc1cc(C2(C)CC(C)(C)c3cc(C)c(O)c(C)c3O2)c(O)c(C)c1O. The second-order valence-corrected chi connectivity index (χ2v) is 8.50. The van der Waals surface area contributed by atoms with Crippen LogP contribution < -0.4 is 4.74 Å². The lowest BCUT2D eigenvalue weighted by Gasteiger charge is -2.45. The molecule has 4 nitrogen and oxygen atoms in total. The van der Waals surface area contributed by atoms with E-state index in [2.05, 4.69) is 13.8 Å². The monoisotopic (exact) mass is 356 g/mol. The third kappa shape index (κ3) is 2.51. The van der Waals surface area contributed by atoms with Crippen molar-refractivity contribution in [2.45, 2.75) is 65.9 Å². The van der Waals surface area contributed by atoms with Crippen molar-refractivity contribution in [3.05, 3.63) is 45.5 Å². The summed E-state index contributed by atoms with van der Waals surface area (Å²) in [5.41, 5.74) is 3.43. The van der Waals surface area contributed by atoms with Gasteiger partial charge in [-0.25, -0.2) is 0 Å². The Hall–Kier alpha value is -2.36. The van der Waals surface area contributed by atoms with Gasteiger partial charge in [0.1, 0.15) is 28.6 Å². The van der Waals surface area contributed by atoms with E-state index >= 15 is 0 Å². The summed E-state index contributed by atoms with van der Waals surface area (Å²) < 4.78 is 6.44. The predicted octanol–water partition coefficient (Wildman–Crippen LogP) is 5.01. The van der Waals surface area contributed by atoms with Gasteiger partial charge in [0.05, 0.1) is 0 Å². The second kappa shape index (κ2) is 5.57. The zero-order valence-corrected chi connectivity index (χ0v) is 16.6. The zero-order valence-electron chi connectivity index (χ0n) is 16.6. The number of hydrogen-bond acceptors (Lipinski definition) is 4. The zero-order chi connectivity index (χ0) is 19.6. The molecule has 0 amide bonds. The molecule has 1 heterocycles. The van der Waals surface area contributed by atoms with Crippen LogP contribution in [0, 0.1) is 27.7 Å². The Morgan fingerprint density at radius 2 is 1.27 bits per heavy atom. The molecule has 3 rings (SSSR count). The van der Waals surface area contributed by atoms with Crippen LogP contribution in [0.5, 0.6) is 23.0 Å². The molecule has 1 unspecified atom stereocenters. The van der Waals surface area contributed by atoms with E-state index in [1.165, 1.54) is 0 Å². The van der Waals surface area contributed by atoms with E-state index in [0.717, 1.165) is 11.1 Å². The lowest BCUT2D eigenvalue weighted by atomic mass is 9.70. The van der Waals surface area contributed by atoms with Crippen LogP contribution in [0.4, 0.5) is 0 Å². The number of benzene rings is 2. The molecule has 2 aromatic rings. The third-order valence-corrected chi connectivity index (χ3v) is 5.78. The summed E-state index contributed by atoms with van der Waals surface area (Å²) in [7, 11) is 0. The number of aromatic hydroxyl groups is 3. The van der Waals surface area contributed by atoms with Crippen LogP contribution in [0.25, 0.3) is 0 Å². The summed E-state index contributed by atoms with van der Waals surface area (Å²) in [6, 6.07) is 3.78. The Kier molecular flexibility index (Phi) is 3.95. The lowest BCUT2D eigenvalue weighted by Crippen LogP contribution is -2.42. The molecule has 0 radical (unpaired) electrons. The number of aryl methyl sites for hydroxylation is 2. The van der Waals surface area contributed by atoms with Gasteiger partial charge in [-0.3, -0.25) is 0 Å². The molecule has 140 valence electrons. The van der Waals surface area contributed by atoms with E-state index in [1.807, 2.05) is 33.8 Å². The molecule has 0 fully saturated rings. The summed E-state index contributed by atoms with van der Waals surface area (Å²) in [5, 5.41) is 31.2. The van der Waals surface area contributed by atoms with Crippen LogP contribution in [-0.2, 0) is 11.0 Å². The van der Waals surface area contributed by atoms with Crippen molar-refractivity contribution in [1.82, 2.24) is 0 Å². The third-order valence-electron chi connectivity index (χ3n) is 5.78. The molecule has 0 aliphatic carbocycles. The van der Waals surface area contributed by atoms with Crippen molar-refractivity contribution in [2.75, 3.05) is 0 Å². The first-order valence-corrected chi connectivity index (χ1v) is 8.94. The van der Waals surface area contributed by atoms with Crippen molar-refractivity contribution >= 4 is 0 Å². The van der Waals surface area contributed by atoms with Crippen LogP contribution in [0.1, 0.15) is 60.6 Å². The maximum absolute atomic E-state index is 10.7. The Labute approximate surface area is 155 Å². The molecule has 4 heteroatoms. The second-order valence-electron chi connectivity index (χ2n) is 8.50. The van der Waals surface area contributed by atoms with Gasteiger partial charge >= 0.3 is 0 Å². The van der Waals surface area contributed by atoms with Gasteiger partial charge in [0, 0.05) is 28.7 Å². The molecular weight excluding hydrogens is 328 g/mol. The van der Waals surface area contributed by atoms with Gasteiger partial charge in [0.25, 0.3) is 0 Å². The summed E-state index contributed by atoms with van der Waals surface area (Å²) in [5.74, 6) is 1.08. The minimum absolute atomic E-state index is 0.0591. The van der Waals surface area contributed by atoms with Crippen molar-refractivity contribution < 1.29 is 20.1 Å². The van der Waals surface area contributed by atoms with Crippen LogP contribution >= 0.6 is 0 Å². The van der Waals surface area contributed by atoms with Gasteiger partial charge in [-0.1, -0.05) is 13.8 Å². The number of ether oxygens (including phenoxy) is 1. The molecule has 0 saturated carbocycles. The summed E-state index contributed by atoms with van der Waals surface area (Å²) in [6.45, 7) is 13.5. The predicted molar refractivity (Wildman–Crippen MR) is 102 cm³/mol. The van der Waals surface area contributed by atoms with E-state index < -0.39 is 5.60 Å². The molecule has 0 aromatic heterocycles. The Morgan fingerprint density at radius 3 is 1.85 bits per heavy atom. The van der Waals surface area contributed by atoms with Crippen LogP contribution in [-0.4, -0.2) is 15.3 Å². The fourth-order valence-corrected chi connectivity index (χ4v) is 4.31. The number of phenols is 3. The fourth-order valence-electron chi connectivity index (χ4n) is 4.31. The van der Waals surface area contributed by atoms with Gasteiger partial charge in [-0.15, -0.1) is 0 Å². The van der Waals surface area contributed by atoms with Gasteiger partial charge in [0.15, 0.2) is 0 Å².